The van der Waals surface area contributed by atoms with E-state index in [9.17, 15) is 13.2 Å². The van der Waals surface area contributed by atoms with Crippen molar-refractivity contribution in [3.63, 3.8) is 0 Å². The van der Waals surface area contributed by atoms with E-state index in [1.807, 2.05) is 4.90 Å². The van der Waals surface area contributed by atoms with Gasteiger partial charge < -0.3 is 10.2 Å². The van der Waals surface area contributed by atoms with Gasteiger partial charge >= 0.3 is 0 Å². The number of benzene rings is 1. The average Bonchev–Trinajstić information content (AvgIpc) is 3.01. The zero-order valence-corrected chi connectivity index (χ0v) is 14.1. The molecule has 0 saturated carbocycles. The maximum Gasteiger partial charge on any atom is 0.243 e. The molecule has 1 aromatic carbocycles. The number of rotatable bonds is 3. The summed E-state index contributed by atoms with van der Waals surface area (Å²) in [7, 11) is -3.46. The molecule has 7 heteroatoms. The van der Waals surface area contributed by atoms with Gasteiger partial charge in [0, 0.05) is 32.7 Å². The molecule has 23 heavy (non-hydrogen) atoms. The minimum atomic E-state index is -3.46. The van der Waals surface area contributed by atoms with Crippen LogP contribution >= 0.6 is 0 Å². The molecule has 0 radical (unpaired) electrons. The summed E-state index contributed by atoms with van der Waals surface area (Å²) in [5.74, 6) is 0.514. The third kappa shape index (κ3) is 3.27. The van der Waals surface area contributed by atoms with Crippen LogP contribution in [0.4, 0.5) is 0 Å². The Kier molecular flexibility index (Phi) is 4.70. The van der Waals surface area contributed by atoms with Crippen LogP contribution in [0.5, 0.6) is 0 Å². The maximum atomic E-state index is 12.6. The third-order valence-electron chi connectivity index (χ3n) is 4.77. The number of nitrogens with one attached hydrogen (secondary N) is 1. The monoisotopic (exact) mass is 337 g/mol. The third-order valence-corrected chi connectivity index (χ3v) is 6.68. The molecule has 2 aliphatic rings. The van der Waals surface area contributed by atoms with E-state index < -0.39 is 10.0 Å². The summed E-state index contributed by atoms with van der Waals surface area (Å²) < 4.78 is 26.6. The van der Waals surface area contributed by atoms with Crippen molar-refractivity contribution in [2.24, 2.45) is 11.8 Å². The van der Waals surface area contributed by atoms with Crippen LogP contribution < -0.4 is 5.32 Å². The van der Waals surface area contributed by atoms with E-state index in [4.69, 9.17) is 0 Å². The van der Waals surface area contributed by atoms with E-state index in [0.29, 0.717) is 37.0 Å². The molecule has 126 valence electrons. The minimum absolute atomic E-state index is 0.0206. The lowest BCUT2D eigenvalue weighted by atomic mass is 9.96. The fourth-order valence-electron chi connectivity index (χ4n) is 3.27. The average molecular weight is 337 g/mol. The van der Waals surface area contributed by atoms with Crippen LogP contribution in [-0.2, 0) is 14.8 Å². The number of hydrogen-bond acceptors (Lipinski definition) is 4. The highest BCUT2D eigenvalue weighted by atomic mass is 32.2. The fraction of sp³-hybridized carbons (Fsp3) is 0.562. The number of amides is 1. The quantitative estimate of drug-likeness (QED) is 0.865. The van der Waals surface area contributed by atoms with Gasteiger partial charge in [0.05, 0.1) is 10.8 Å². The van der Waals surface area contributed by atoms with Crippen molar-refractivity contribution in [1.82, 2.24) is 14.5 Å². The molecular weight excluding hydrogens is 314 g/mol. The van der Waals surface area contributed by atoms with Gasteiger partial charge in [0.2, 0.25) is 15.9 Å². The Hall–Kier alpha value is -1.44. The lowest BCUT2D eigenvalue weighted by Crippen LogP contribution is -2.52. The molecule has 0 bridgehead atoms. The summed E-state index contributed by atoms with van der Waals surface area (Å²) in [6, 6.07) is 8.46. The molecule has 2 fully saturated rings. The smallest absolute Gasteiger partial charge is 0.243 e. The molecule has 2 saturated heterocycles. The molecule has 0 aromatic heterocycles. The largest absolute Gasteiger partial charge is 0.340 e. The second-order valence-corrected chi connectivity index (χ2v) is 8.22. The highest BCUT2D eigenvalue weighted by molar-refractivity contribution is 7.89. The molecule has 2 aliphatic heterocycles. The van der Waals surface area contributed by atoms with Crippen molar-refractivity contribution >= 4 is 15.9 Å². The van der Waals surface area contributed by atoms with Gasteiger partial charge in [0.15, 0.2) is 0 Å². The van der Waals surface area contributed by atoms with Gasteiger partial charge in [-0.15, -0.1) is 0 Å². The van der Waals surface area contributed by atoms with E-state index in [2.05, 4.69) is 12.2 Å². The van der Waals surface area contributed by atoms with Crippen LogP contribution in [0.1, 0.15) is 6.92 Å². The van der Waals surface area contributed by atoms with Gasteiger partial charge in [-0.25, -0.2) is 8.42 Å². The first-order valence-electron chi connectivity index (χ1n) is 8.05. The summed E-state index contributed by atoms with van der Waals surface area (Å²) in [5.41, 5.74) is 0. The highest BCUT2D eigenvalue weighted by Crippen LogP contribution is 2.21. The Morgan fingerprint density at radius 1 is 1.09 bits per heavy atom. The number of piperazine rings is 1. The van der Waals surface area contributed by atoms with Crippen LogP contribution in [0, 0.1) is 11.8 Å². The predicted molar refractivity (Wildman–Crippen MR) is 87.3 cm³/mol. The van der Waals surface area contributed by atoms with Crippen molar-refractivity contribution in [2.45, 2.75) is 11.8 Å². The number of nitrogens with zero attached hydrogens (tertiary/aromatic N) is 2. The lowest BCUT2D eigenvalue weighted by molar-refractivity contribution is -0.137. The number of sulfonamides is 1. The Balaban J connectivity index is 1.63. The Labute approximate surface area is 137 Å². The van der Waals surface area contributed by atoms with Gasteiger partial charge in [-0.3, -0.25) is 4.79 Å². The van der Waals surface area contributed by atoms with Crippen LogP contribution in [0.3, 0.4) is 0 Å². The van der Waals surface area contributed by atoms with Crippen molar-refractivity contribution in [3.8, 4) is 0 Å². The number of carbonyl (C=O) groups excluding carboxylic acids is 1. The van der Waals surface area contributed by atoms with Crippen molar-refractivity contribution in [2.75, 3.05) is 39.3 Å². The first-order valence-corrected chi connectivity index (χ1v) is 9.49. The first-order chi connectivity index (χ1) is 11.0. The van der Waals surface area contributed by atoms with Crippen LogP contribution in [0.15, 0.2) is 35.2 Å². The summed E-state index contributed by atoms with van der Waals surface area (Å²) in [5, 5.41) is 3.24. The normalized spacial score (nSPS) is 26.4. The van der Waals surface area contributed by atoms with Gasteiger partial charge in [0.1, 0.15) is 0 Å². The molecule has 1 N–H and O–H groups in total. The molecule has 2 atom stereocenters. The molecule has 3 rings (SSSR count). The number of carbonyl (C=O) groups is 1. The minimum Gasteiger partial charge on any atom is -0.340 e. The van der Waals surface area contributed by atoms with Crippen LogP contribution in [-0.4, -0.2) is 62.8 Å². The second-order valence-electron chi connectivity index (χ2n) is 6.28. The second kappa shape index (κ2) is 6.59. The molecule has 2 heterocycles. The molecule has 1 aromatic rings. The van der Waals surface area contributed by atoms with Gasteiger partial charge in [-0.1, -0.05) is 25.1 Å². The molecule has 0 spiro atoms. The molecule has 0 unspecified atom stereocenters. The van der Waals surface area contributed by atoms with Crippen LogP contribution in [0.25, 0.3) is 0 Å². The van der Waals surface area contributed by atoms with Crippen molar-refractivity contribution < 1.29 is 13.2 Å². The summed E-state index contributed by atoms with van der Waals surface area (Å²) in [6.45, 7) is 5.33. The highest BCUT2D eigenvalue weighted by Gasteiger charge is 2.36. The Morgan fingerprint density at radius 3 is 2.30 bits per heavy atom. The SMILES string of the molecule is C[C@@H]1CNC[C@H]1C(=O)N1CCN(S(=O)(=O)c2ccccc2)CC1. The summed E-state index contributed by atoms with van der Waals surface area (Å²) >= 11 is 0. The predicted octanol–water partition coefficient (Wildman–Crippen LogP) is 0.375. The van der Waals surface area contributed by atoms with E-state index >= 15 is 0 Å². The maximum absolute atomic E-state index is 12.6. The fourth-order valence-corrected chi connectivity index (χ4v) is 4.71. The van der Waals surface area contributed by atoms with E-state index in [1.165, 1.54) is 4.31 Å². The van der Waals surface area contributed by atoms with Crippen molar-refractivity contribution in [3.05, 3.63) is 30.3 Å². The Bertz CT molecular complexity index is 654. The summed E-state index contributed by atoms with van der Waals surface area (Å²) in [4.78, 5) is 14.7. The van der Waals surface area contributed by atoms with Gasteiger partial charge in [-0.2, -0.15) is 4.31 Å². The summed E-state index contributed by atoms with van der Waals surface area (Å²) in [6.07, 6.45) is 0. The zero-order valence-electron chi connectivity index (χ0n) is 13.3. The van der Waals surface area contributed by atoms with E-state index in [1.54, 1.807) is 30.3 Å². The molecule has 0 aliphatic carbocycles. The van der Waals surface area contributed by atoms with Crippen LogP contribution in [0.2, 0.25) is 0 Å². The topological polar surface area (TPSA) is 69.7 Å². The standard InChI is InChI=1S/C16H23N3O3S/c1-13-11-17-12-15(13)16(20)18-7-9-19(10-8-18)23(21,22)14-5-3-2-4-6-14/h2-6,13,15,17H,7-12H2,1H3/t13-,15-/m1/s1. The van der Waals surface area contributed by atoms with Gasteiger partial charge in [0.25, 0.3) is 0 Å². The van der Waals surface area contributed by atoms with E-state index in [-0.39, 0.29) is 11.8 Å². The molecule has 6 nitrogen and oxygen atoms in total. The molecule has 1 amide bonds. The zero-order chi connectivity index (χ0) is 16.4. The Morgan fingerprint density at radius 2 is 1.74 bits per heavy atom. The lowest BCUT2D eigenvalue weighted by Gasteiger charge is -2.35. The first kappa shape index (κ1) is 16.4. The van der Waals surface area contributed by atoms with E-state index in [0.717, 1.165) is 13.1 Å². The van der Waals surface area contributed by atoms with Crippen molar-refractivity contribution in [1.29, 1.82) is 0 Å². The van der Waals surface area contributed by atoms with Gasteiger partial charge in [-0.05, 0) is 24.6 Å². The molecular formula is C16H23N3O3S. The number of hydrogen-bond donors (Lipinski definition) is 1.